The molecule has 3 saturated heterocycles. The predicted molar refractivity (Wildman–Crippen MR) is 133 cm³/mol. The maximum atomic E-state index is 11.3. The zero-order valence-corrected chi connectivity index (χ0v) is 22.0. The van der Waals surface area contributed by atoms with Gasteiger partial charge in [-0.15, -0.1) is 0 Å². The van der Waals surface area contributed by atoms with E-state index in [-0.39, 0.29) is 32.0 Å². The summed E-state index contributed by atoms with van der Waals surface area (Å²) in [5.41, 5.74) is 1.66. The van der Waals surface area contributed by atoms with E-state index in [0.29, 0.717) is 29.6 Å². The minimum absolute atomic E-state index is 0.136. The molecule has 10 unspecified atom stereocenters. The molecular formula is C28H30O13. The highest BCUT2D eigenvalue weighted by Gasteiger charge is 2.56. The topological polar surface area (TPSA) is 161 Å². The van der Waals surface area contributed by atoms with Gasteiger partial charge in [-0.25, -0.2) is 0 Å². The largest absolute Gasteiger partial charge is 0.463 e. The van der Waals surface area contributed by atoms with Crippen LogP contribution in [0.25, 0.3) is 0 Å². The molecular weight excluding hydrogens is 544 g/mol. The Bertz CT molecular complexity index is 1250. The van der Waals surface area contributed by atoms with Crippen LogP contribution in [0.1, 0.15) is 30.3 Å². The SMILES string of the molecule is CC(=O)OCC1OC(OC2OC(c3ccc4c(c3)OCO4)C3COC(c4ccc5c(c4)OCO5)C23)C(O)C(O)C1O. The van der Waals surface area contributed by atoms with E-state index < -0.39 is 55.2 Å². The molecule has 5 heterocycles. The Balaban J connectivity index is 1.18. The van der Waals surface area contributed by atoms with Gasteiger partial charge >= 0.3 is 5.97 Å². The van der Waals surface area contributed by atoms with Crippen LogP contribution < -0.4 is 18.9 Å². The molecule has 41 heavy (non-hydrogen) atoms. The molecule has 10 atom stereocenters. The van der Waals surface area contributed by atoms with Crippen molar-refractivity contribution in [3.8, 4) is 23.0 Å². The van der Waals surface area contributed by atoms with Crippen molar-refractivity contribution in [2.45, 2.75) is 56.1 Å². The number of carbonyl (C=O) groups is 1. The summed E-state index contributed by atoms with van der Waals surface area (Å²) in [6.07, 6.45) is -9.12. The summed E-state index contributed by atoms with van der Waals surface area (Å²) < 4.78 is 51.9. The lowest BCUT2D eigenvalue weighted by Gasteiger charge is -2.41. The van der Waals surface area contributed by atoms with Crippen LogP contribution in [-0.2, 0) is 28.5 Å². The Labute approximate surface area is 234 Å². The van der Waals surface area contributed by atoms with Crippen molar-refractivity contribution in [2.75, 3.05) is 26.8 Å². The first kappa shape index (κ1) is 26.7. The van der Waals surface area contributed by atoms with E-state index in [1.165, 1.54) is 6.92 Å². The van der Waals surface area contributed by atoms with Gasteiger partial charge in [0.25, 0.3) is 0 Å². The molecule has 2 aromatic carbocycles. The van der Waals surface area contributed by atoms with E-state index in [0.717, 1.165) is 11.1 Å². The lowest BCUT2D eigenvalue weighted by Crippen LogP contribution is -2.60. The van der Waals surface area contributed by atoms with E-state index in [4.69, 9.17) is 42.6 Å². The number of aliphatic hydroxyl groups is 3. The van der Waals surface area contributed by atoms with Gasteiger partial charge in [0.05, 0.1) is 18.8 Å². The highest BCUT2D eigenvalue weighted by atomic mass is 16.8. The van der Waals surface area contributed by atoms with Crippen LogP contribution in [0.2, 0.25) is 0 Å². The first-order chi connectivity index (χ1) is 19.9. The van der Waals surface area contributed by atoms with Gasteiger partial charge < -0.3 is 58.0 Å². The Morgan fingerprint density at radius 3 is 2.10 bits per heavy atom. The number of benzene rings is 2. The van der Waals surface area contributed by atoms with Crippen molar-refractivity contribution in [1.82, 2.24) is 0 Å². The molecule has 2 aromatic rings. The summed E-state index contributed by atoms with van der Waals surface area (Å²) in [7, 11) is 0. The average Bonchev–Trinajstić information content (AvgIpc) is 3.76. The molecule has 3 N–H and O–H groups in total. The number of hydrogen-bond acceptors (Lipinski definition) is 13. The Morgan fingerprint density at radius 2 is 1.44 bits per heavy atom. The number of carbonyl (C=O) groups excluding carboxylic acids is 1. The Kier molecular flexibility index (Phi) is 6.90. The summed E-state index contributed by atoms with van der Waals surface area (Å²) in [4.78, 5) is 11.3. The van der Waals surface area contributed by atoms with Gasteiger partial charge in [0.1, 0.15) is 31.0 Å². The van der Waals surface area contributed by atoms with E-state index in [1.54, 1.807) is 0 Å². The first-order valence-electron chi connectivity index (χ1n) is 13.4. The third-order valence-corrected chi connectivity index (χ3v) is 8.13. The molecule has 0 aromatic heterocycles. The van der Waals surface area contributed by atoms with Crippen LogP contribution in [0.15, 0.2) is 36.4 Å². The number of ether oxygens (including phenoxy) is 9. The van der Waals surface area contributed by atoms with Crippen molar-refractivity contribution in [3.05, 3.63) is 47.5 Å². The molecule has 7 rings (SSSR count). The van der Waals surface area contributed by atoms with Gasteiger partial charge in [0.15, 0.2) is 35.6 Å². The number of rotatable bonds is 6. The van der Waals surface area contributed by atoms with E-state index in [1.807, 2.05) is 36.4 Å². The van der Waals surface area contributed by atoms with E-state index in [2.05, 4.69) is 0 Å². The van der Waals surface area contributed by atoms with Crippen LogP contribution in [0.5, 0.6) is 23.0 Å². The number of hydrogen-bond donors (Lipinski definition) is 3. The van der Waals surface area contributed by atoms with Crippen LogP contribution in [-0.4, -0.2) is 85.1 Å². The smallest absolute Gasteiger partial charge is 0.302 e. The van der Waals surface area contributed by atoms with Crippen LogP contribution >= 0.6 is 0 Å². The highest BCUT2D eigenvalue weighted by molar-refractivity contribution is 5.65. The molecule has 0 bridgehead atoms. The van der Waals surface area contributed by atoms with Gasteiger partial charge in [0, 0.05) is 18.8 Å². The summed E-state index contributed by atoms with van der Waals surface area (Å²) in [5.74, 6) is 1.39. The summed E-state index contributed by atoms with van der Waals surface area (Å²) >= 11 is 0. The van der Waals surface area contributed by atoms with Gasteiger partial charge in [0.2, 0.25) is 13.6 Å². The van der Waals surface area contributed by atoms with Gasteiger partial charge in [-0.1, -0.05) is 12.1 Å². The standard InChI is InChI=1S/C28H30O13/c1-12(29)33-9-20-22(30)23(31)24(32)28(39-20)41-27-21-15(25(40-27)13-2-4-16-18(6-13)37-10-35-16)8-34-26(21)14-3-5-17-19(7-14)38-11-36-17/h2-7,15,20-28,30-32H,8-11H2,1H3. The second-order valence-electron chi connectivity index (χ2n) is 10.6. The third-order valence-electron chi connectivity index (χ3n) is 8.13. The molecule has 0 radical (unpaired) electrons. The second-order valence-corrected chi connectivity index (χ2v) is 10.6. The second kappa shape index (κ2) is 10.6. The monoisotopic (exact) mass is 574 g/mol. The van der Waals surface area contributed by atoms with Gasteiger partial charge in [-0.2, -0.15) is 0 Å². The van der Waals surface area contributed by atoms with Crippen molar-refractivity contribution in [3.63, 3.8) is 0 Å². The summed E-state index contributed by atoms with van der Waals surface area (Å²) in [6.45, 7) is 1.51. The number of aliphatic hydroxyl groups excluding tert-OH is 3. The first-order valence-corrected chi connectivity index (χ1v) is 13.4. The zero-order valence-electron chi connectivity index (χ0n) is 22.0. The Morgan fingerprint density at radius 1 is 0.805 bits per heavy atom. The number of fused-ring (bicyclic) bond motifs is 3. The molecule has 13 heteroatoms. The highest BCUT2D eigenvalue weighted by Crippen LogP contribution is 2.55. The Hall–Kier alpha value is -3.17. The van der Waals surface area contributed by atoms with Crippen molar-refractivity contribution >= 4 is 5.97 Å². The lowest BCUT2D eigenvalue weighted by molar-refractivity contribution is -0.341. The van der Waals surface area contributed by atoms with Crippen molar-refractivity contribution < 1.29 is 62.7 Å². The predicted octanol–water partition coefficient (Wildman–Crippen LogP) is 0.933. The summed E-state index contributed by atoms with van der Waals surface area (Å²) in [6, 6.07) is 11.2. The zero-order chi connectivity index (χ0) is 28.2. The molecule has 3 fully saturated rings. The molecule has 0 amide bonds. The fourth-order valence-corrected chi connectivity index (χ4v) is 6.08. The minimum Gasteiger partial charge on any atom is -0.463 e. The maximum Gasteiger partial charge on any atom is 0.302 e. The summed E-state index contributed by atoms with van der Waals surface area (Å²) in [5, 5.41) is 31.7. The molecule has 5 aliphatic heterocycles. The molecule has 0 spiro atoms. The van der Waals surface area contributed by atoms with Crippen LogP contribution in [0, 0.1) is 11.8 Å². The lowest BCUT2D eigenvalue weighted by atomic mass is 9.84. The van der Waals surface area contributed by atoms with Crippen molar-refractivity contribution in [2.24, 2.45) is 11.8 Å². The fourth-order valence-electron chi connectivity index (χ4n) is 6.08. The van der Waals surface area contributed by atoms with Gasteiger partial charge in [-0.3, -0.25) is 4.79 Å². The molecule has 220 valence electrons. The molecule has 5 aliphatic rings. The van der Waals surface area contributed by atoms with Crippen LogP contribution in [0.3, 0.4) is 0 Å². The van der Waals surface area contributed by atoms with E-state index >= 15 is 0 Å². The average molecular weight is 575 g/mol. The van der Waals surface area contributed by atoms with E-state index in [9.17, 15) is 20.1 Å². The minimum atomic E-state index is -1.61. The fraction of sp³-hybridized carbons (Fsp3) is 0.536. The third kappa shape index (κ3) is 4.77. The van der Waals surface area contributed by atoms with Gasteiger partial charge in [-0.05, 0) is 35.4 Å². The molecule has 13 nitrogen and oxygen atoms in total. The quantitative estimate of drug-likeness (QED) is 0.419. The number of esters is 1. The van der Waals surface area contributed by atoms with Crippen LogP contribution in [0.4, 0.5) is 0 Å². The molecule has 0 aliphatic carbocycles. The molecule has 0 saturated carbocycles. The van der Waals surface area contributed by atoms with Crippen molar-refractivity contribution in [1.29, 1.82) is 0 Å². The normalized spacial score (nSPS) is 36.8. The maximum absolute atomic E-state index is 11.3.